The fraction of sp³-hybridized carbons (Fsp3) is 0.308. The van der Waals surface area contributed by atoms with Gasteiger partial charge in [0.05, 0.1) is 12.2 Å². The molecule has 3 nitrogen and oxygen atoms in total. The molecule has 0 aliphatic rings. The molecule has 2 aromatic rings. The summed E-state index contributed by atoms with van der Waals surface area (Å²) in [5.41, 5.74) is 0.943. The van der Waals surface area contributed by atoms with Crippen LogP contribution in [0.2, 0.25) is 0 Å². The van der Waals surface area contributed by atoms with Crippen molar-refractivity contribution in [3.63, 3.8) is 0 Å². The molecule has 0 spiro atoms. The number of rotatable bonds is 5. The highest BCUT2D eigenvalue weighted by Gasteiger charge is 2.11. The van der Waals surface area contributed by atoms with Gasteiger partial charge in [0.1, 0.15) is 11.6 Å². The van der Waals surface area contributed by atoms with Crippen LogP contribution in [0.25, 0.3) is 0 Å². The second-order valence-electron chi connectivity index (χ2n) is 3.96. The van der Waals surface area contributed by atoms with Gasteiger partial charge < -0.3 is 5.32 Å². The monoisotopic (exact) mass is 251 g/mol. The fourth-order valence-electron chi connectivity index (χ4n) is 1.74. The van der Waals surface area contributed by atoms with Crippen LogP contribution < -0.4 is 5.32 Å². The molecule has 0 fully saturated rings. The Hall–Kier alpha value is -1.75. The summed E-state index contributed by atoms with van der Waals surface area (Å²) in [5.74, 6) is -1.08. The zero-order valence-electron chi connectivity index (χ0n) is 10.2. The maximum Gasteiger partial charge on any atom is 0.131 e. The first-order chi connectivity index (χ1) is 8.72. The molecule has 1 N–H and O–H groups in total. The number of hydrogen-bond acceptors (Lipinski definition) is 2. The van der Waals surface area contributed by atoms with Crippen molar-refractivity contribution in [3.8, 4) is 0 Å². The summed E-state index contributed by atoms with van der Waals surface area (Å²) in [6.45, 7) is 3.56. The molecule has 0 radical (unpaired) electrons. The van der Waals surface area contributed by atoms with Crippen molar-refractivity contribution in [2.45, 2.75) is 20.0 Å². The molecule has 1 aromatic heterocycles. The van der Waals surface area contributed by atoms with Crippen LogP contribution in [-0.2, 0) is 13.1 Å². The number of nitrogens with one attached hydrogen (secondary N) is 1. The highest BCUT2D eigenvalue weighted by Crippen LogP contribution is 2.14. The zero-order chi connectivity index (χ0) is 13.0. The lowest BCUT2D eigenvalue weighted by Crippen LogP contribution is -2.17. The van der Waals surface area contributed by atoms with E-state index >= 15 is 0 Å². The van der Waals surface area contributed by atoms with E-state index in [1.807, 2.05) is 13.0 Å². The average Bonchev–Trinajstić information content (AvgIpc) is 2.79. The second-order valence-corrected chi connectivity index (χ2v) is 3.96. The molecule has 2 rings (SSSR count). The van der Waals surface area contributed by atoms with Gasteiger partial charge in [-0.15, -0.1) is 0 Å². The summed E-state index contributed by atoms with van der Waals surface area (Å²) >= 11 is 0. The van der Waals surface area contributed by atoms with Crippen LogP contribution in [0.3, 0.4) is 0 Å². The van der Waals surface area contributed by atoms with Gasteiger partial charge in [0.25, 0.3) is 0 Å². The number of benzene rings is 1. The van der Waals surface area contributed by atoms with E-state index < -0.39 is 11.6 Å². The van der Waals surface area contributed by atoms with Crippen molar-refractivity contribution in [2.75, 3.05) is 6.54 Å². The number of hydrogen-bond donors (Lipinski definition) is 1. The lowest BCUT2D eigenvalue weighted by atomic mass is 10.2. The van der Waals surface area contributed by atoms with E-state index in [2.05, 4.69) is 10.4 Å². The van der Waals surface area contributed by atoms with Crippen LogP contribution in [-0.4, -0.2) is 16.3 Å². The lowest BCUT2D eigenvalue weighted by Gasteiger charge is -2.09. The lowest BCUT2D eigenvalue weighted by molar-refractivity contribution is 0.521. The number of aromatic nitrogens is 2. The Morgan fingerprint density at radius 3 is 2.61 bits per heavy atom. The quantitative estimate of drug-likeness (QED) is 0.883. The van der Waals surface area contributed by atoms with Crippen LogP contribution in [0.15, 0.2) is 30.5 Å². The molecule has 0 bridgehead atoms. The number of halogens is 2. The first-order valence-corrected chi connectivity index (χ1v) is 5.86. The normalized spacial score (nSPS) is 10.8. The van der Waals surface area contributed by atoms with E-state index in [9.17, 15) is 8.78 Å². The molecule has 0 saturated heterocycles. The standard InChI is InChI=1S/C13H15F2N3/c1-2-16-8-10-6-7-17-18(10)9-11-12(14)4-3-5-13(11)15/h3-7,16H,2,8-9H2,1H3. The molecular weight excluding hydrogens is 236 g/mol. The van der Waals surface area contributed by atoms with E-state index in [1.165, 1.54) is 18.2 Å². The van der Waals surface area contributed by atoms with Crippen molar-refractivity contribution in [1.82, 2.24) is 15.1 Å². The van der Waals surface area contributed by atoms with Crippen LogP contribution >= 0.6 is 0 Å². The summed E-state index contributed by atoms with van der Waals surface area (Å²) < 4.78 is 28.7. The fourth-order valence-corrected chi connectivity index (χ4v) is 1.74. The van der Waals surface area contributed by atoms with Gasteiger partial charge in [-0.25, -0.2) is 8.78 Å². The topological polar surface area (TPSA) is 29.9 Å². The minimum Gasteiger partial charge on any atom is -0.311 e. The smallest absolute Gasteiger partial charge is 0.131 e. The molecule has 96 valence electrons. The molecule has 0 atom stereocenters. The minimum absolute atomic E-state index is 0.0407. The third kappa shape index (κ3) is 2.73. The van der Waals surface area contributed by atoms with Crippen molar-refractivity contribution in [3.05, 3.63) is 53.4 Å². The Morgan fingerprint density at radius 1 is 1.22 bits per heavy atom. The Kier molecular flexibility index (Phi) is 4.04. The van der Waals surface area contributed by atoms with Gasteiger partial charge in [0.15, 0.2) is 0 Å². The summed E-state index contributed by atoms with van der Waals surface area (Å²) in [6.07, 6.45) is 1.63. The first-order valence-electron chi connectivity index (χ1n) is 5.86. The third-order valence-corrected chi connectivity index (χ3v) is 2.73. The SMILES string of the molecule is CCNCc1ccnn1Cc1c(F)cccc1F. The summed E-state index contributed by atoms with van der Waals surface area (Å²) in [6, 6.07) is 5.70. The molecule has 0 aliphatic heterocycles. The van der Waals surface area contributed by atoms with Crippen molar-refractivity contribution >= 4 is 0 Å². The highest BCUT2D eigenvalue weighted by molar-refractivity contribution is 5.20. The van der Waals surface area contributed by atoms with Crippen molar-refractivity contribution in [1.29, 1.82) is 0 Å². The van der Waals surface area contributed by atoms with E-state index in [0.29, 0.717) is 6.54 Å². The van der Waals surface area contributed by atoms with Gasteiger partial charge in [-0.3, -0.25) is 4.68 Å². The maximum atomic E-state index is 13.5. The second kappa shape index (κ2) is 5.73. The summed E-state index contributed by atoms with van der Waals surface area (Å²) in [7, 11) is 0. The third-order valence-electron chi connectivity index (χ3n) is 2.73. The minimum atomic E-state index is -0.542. The summed E-state index contributed by atoms with van der Waals surface area (Å²) in [5, 5.41) is 7.25. The molecule has 1 heterocycles. The van der Waals surface area contributed by atoms with E-state index in [4.69, 9.17) is 0 Å². The van der Waals surface area contributed by atoms with Crippen LogP contribution in [0.1, 0.15) is 18.2 Å². The Labute approximate surface area is 104 Å². The van der Waals surface area contributed by atoms with E-state index in [1.54, 1.807) is 10.9 Å². The molecule has 0 unspecified atom stereocenters. The molecule has 18 heavy (non-hydrogen) atoms. The molecule has 0 amide bonds. The van der Waals surface area contributed by atoms with Crippen LogP contribution in [0.4, 0.5) is 8.78 Å². The van der Waals surface area contributed by atoms with Gasteiger partial charge >= 0.3 is 0 Å². The van der Waals surface area contributed by atoms with E-state index in [0.717, 1.165) is 12.2 Å². The maximum absolute atomic E-state index is 13.5. The van der Waals surface area contributed by atoms with Gasteiger partial charge in [-0.2, -0.15) is 5.10 Å². The molecule has 0 aliphatic carbocycles. The zero-order valence-corrected chi connectivity index (χ0v) is 10.2. The van der Waals surface area contributed by atoms with Crippen molar-refractivity contribution < 1.29 is 8.78 Å². The van der Waals surface area contributed by atoms with Crippen molar-refractivity contribution in [2.24, 2.45) is 0 Å². The summed E-state index contributed by atoms with van der Waals surface area (Å²) in [4.78, 5) is 0. The van der Waals surface area contributed by atoms with Gasteiger partial charge in [0.2, 0.25) is 0 Å². The van der Waals surface area contributed by atoms with Crippen LogP contribution in [0.5, 0.6) is 0 Å². The molecule has 1 aromatic carbocycles. The average molecular weight is 251 g/mol. The van der Waals surface area contributed by atoms with E-state index in [-0.39, 0.29) is 12.1 Å². The van der Waals surface area contributed by atoms with Gasteiger partial charge in [-0.1, -0.05) is 13.0 Å². The predicted octanol–water partition coefficient (Wildman–Crippen LogP) is 2.32. The molecule has 0 saturated carbocycles. The predicted molar refractivity (Wildman–Crippen MR) is 65.1 cm³/mol. The first kappa shape index (κ1) is 12.7. The van der Waals surface area contributed by atoms with Crippen LogP contribution in [0, 0.1) is 11.6 Å². The largest absolute Gasteiger partial charge is 0.311 e. The Morgan fingerprint density at radius 2 is 1.94 bits per heavy atom. The highest BCUT2D eigenvalue weighted by atomic mass is 19.1. The molecular formula is C13H15F2N3. The Bertz CT molecular complexity index is 502. The Balaban J connectivity index is 2.21. The number of nitrogens with zero attached hydrogens (tertiary/aromatic N) is 2. The molecule has 5 heteroatoms. The van der Waals surface area contributed by atoms with Gasteiger partial charge in [-0.05, 0) is 24.7 Å². The van der Waals surface area contributed by atoms with Gasteiger partial charge in [0, 0.05) is 18.3 Å².